The average Bonchev–Trinajstić information content (AvgIpc) is 3.35. The summed E-state index contributed by atoms with van der Waals surface area (Å²) in [4.78, 5) is 0. The summed E-state index contributed by atoms with van der Waals surface area (Å²) in [6.07, 6.45) is 11.1. The van der Waals surface area contributed by atoms with Gasteiger partial charge in [-0.2, -0.15) is 0 Å². The lowest BCUT2D eigenvalue weighted by Gasteiger charge is -2.48. The predicted molar refractivity (Wildman–Crippen MR) is 101 cm³/mol. The van der Waals surface area contributed by atoms with Gasteiger partial charge < -0.3 is 17.0 Å². The molecule has 0 bridgehead atoms. The molecule has 24 heavy (non-hydrogen) atoms. The molecule has 142 valence electrons. The Labute approximate surface area is 161 Å². The highest BCUT2D eigenvalue weighted by atomic mass is 79.9. The molecule has 6 heteroatoms. The van der Waals surface area contributed by atoms with Crippen LogP contribution in [0.15, 0.2) is 0 Å². The molecule has 0 amide bonds. The van der Waals surface area contributed by atoms with Crippen molar-refractivity contribution in [1.29, 1.82) is 0 Å². The van der Waals surface area contributed by atoms with Gasteiger partial charge in [0.15, 0.2) is 0 Å². The molecule has 3 aliphatic heterocycles. The van der Waals surface area contributed by atoms with Crippen LogP contribution in [0.4, 0.5) is 0 Å². The molecular formula is C18H38BrN4P. The topological polar surface area (TPSA) is 13.0 Å². The molecule has 3 heterocycles. The van der Waals surface area contributed by atoms with Crippen molar-refractivity contribution in [2.75, 3.05) is 52.4 Å². The summed E-state index contributed by atoms with van der Waals surface area (Å²) >= 11 is 0. The smallest absolute Gasteiger partial charge is 0.308 e. The molecule has 0 aromatic carbocycles. The predicted octanol–water partition coefficient (Wildman–Crippen LogP) is 1.08. The Morgan fingerprint density at radius 2 is 1.08 bits per heavy atom. The second-order valence-corrected chi connectivity index (χ2v) is 10.8. The summed E-state index contributed by atoms with van der Waals surface area (Å²) in [7, 11) is -1.45. The first-order valence-electron chi connectivity index (χ1n) is 10.2. The maximum atomic E-state index is 2.96. The first-order valence-corrected chi connectivity index (χ1v) is 11.8. The fourth-order valence-electron chi connectivity index (χ4n) is 4.80. The minimum Gasteiger partial charge on any atom is -1.00 e. The van der Waals surface area contributed by atoms with E-state index in [1.54, 1.807) is 0 Å². The highest BCUT2D eigenvalue weighted by Crippen LogP contribution is 2.72. The van der Waals surface area contributed by atoms with Crippen LogP contribution in [-0.4, -0.2) is 71.0 Å². The van der Waals surface area contributed by atoms with E-state index in [1.165, 1.54) is 104 Å². The zero-order valence-electron chi connectivity index (χ0n) is 15.9. The number of unbranched alkanes of at least 4 members (excludes halogenated alkanes) is 1. The lowest BCUT2D eigenvalue weighted by Crippen LogP contribution is -3.00. The Morgan fingerprint density at radius 3 is 1.38 bits per heavy atom. The van der Waals surface area contributed by atoms with E-state index in [0.29, 0.717) is 0 Å². The molecule has 0 aromatic rings. The summed E-state index contributed by atoms with van der Waals surface area (Å²) in [6, 6.07) is 0. The van der Waals surface area contributed by atoms with E-state index in [4.69, 9.17) is 0 Å². The molecule has 0 saturated carbocycles. The second kappa shape index (κ2) is 10.2. The molecule has 3 fully saturated rings. The van der Waals surface area contributed by atoms with Gasteiger partial charge in [-0.3, -0.25) is 0 Å². The van der Waals surface area contributed by atoms with Crippen LogP contribution < -0.4 is 17.0 Å². The van der Waals surface area contributed by atoms with Crippen LogP contribution in [0.25, 0.3) is 0 Å². The van der Waals surface area contributed by atoms with Crippen LogP contribution in [-0.2, 0) is 0 Å². The van der Waals surface area contributed by atoms with E-state index >= 15 is 0 Å². The van der Waals surface area contributed by atoms with Gasteiger partial charge in [0.2, 0.25) is 0 Å². The van der Waals surface area contributed by atoms with E-state index in [-0.39, 0.29) is 17.0 Å². The largest absolute Gasteiger partial charge is 1.00 e. The maximum Gasteiger partial charge on any atom is 0.308 e. The molecule has 0 unspecified atom stereocenters. The Morgan fingerprint density at radius 1 is 0.708 bits per heavy atom. The third-order valence-electron chi connectivity index (χ3n) is 5.90. The number of hydrogen-bond donors (Lipinski definition) is 0. The van der Waals surface area contributed by atoms with Gasteiger partial charge >= 0.3 is 7.87 Å². The van der Waals surface area contributed by atoms with Crippen molar-refractivity contribution in [1.82, 2.24) is 18.7 Å². The average molecular weight is 421 g/mol. The highest BCUT2D eigenvalue weighted by molar-refractivity contribution is 7.66. The molecule has 4 nitrogen and oxygen atoms in total. The van der Waals surface area contributed by atoms with Crippen LogP contribution in [0.1, 0.15) is 65.2 Å². The zero-order valence-corrected chi connectivity index (χ0v) is 18.4. The van der Waals surface area contributed by atoms with Gasteiger partial charge in [0.1, 0.15) is 0 Å². The van der Waals surface area contributed by atoms with Gasteiger partial charge in [-0.05, 0) is 51.9 Å². The Hall–Kier alpha value is 0.750. The van der Waals surface area contributed by atoms with Gasteiger partial charge in [0.25, 0.3) is 0 Å². The fourth-order valence-corrected chi connectivity index (χ4v) is 10.2. The van der Waals surface area contributed by atoms with Crippen LogP contribution in [0.2, 0.25) is 0 Å². The molecule has 3 saturated heterocycles. The fraction of sp³-hybridized carbons (Fsp3) is 1.00. The van der Waals surface area contributed by atoms with Crippen molar-refractivity contribution in [3.05, 3.63) is 0 Å². The number of rotatable bonds is 8. The quantitative estimate of drug-likeness (QED) is 0.544. The molecular weight excluding hydrogens is 383 g/mol. The van der Waals surface area contributed by atoms with Crippen molar-refractivity contribution < 1.29 is 17.0 Å². The molecule has 3 rings (SSSR count). The van der Waals surface area contributed by atoms with Gasteiger partial charge in [-0.15, -0.1) is 18.7 Å². The van der Waals surface area contributed by atoms with Crippen molar-refractivity contribution >= 4 is 7.87 Å². The lowest BCUT2D eigenvalue weighted by atomic mass is 10.3. The molecule has 0 aliphatic carbocycles. The van der Waals surface area contributed by atoms with Crippen LogP contribution in [0.5, 0.6) is 0 Å². The number of nitrogens with zero attached hydrogens (tertiary/aromatic N) is 4. The zero-order chi connectivity index (χ0) is 16.1. The molecule has 0 spiro atoms. The van der Waals surface area contributed by atoms with E-state index in [0.717, 1.165) is 0 Å². The Kier molecular flexibility index (Phi) is 8.93. The summed E-state index contributed by atoms with van der Waals surface area (Å²) in [5.74, 6) is 0. The van der Waals surface area contributed by atoms with E-state index in [9.17, 15) is 0 Å². The number of halogens is 1. The first kappa shape index (κ1) is 21.1. The monoisotopic (exact) mass is 420 g/mol. The Balaban J connectivity index is 0.00000208. The van der Waals surface area contributed by atoms with Gasteiger partial charge in [-0.1, -0.05) is 13.3 Å². The number of hydrogen-bond acceptors (Lipinski definition) is 4. The minimum absolute atomic E-state index is 0. The van der Waals surface area contributed by atoms with Crippen molar-refractivity contribution in [3.8, 4) is 0 Å². The normalized spacial score (nSPS) is 24.1. The van der Waals surface area contributed by atoms with Crippen LogP contribution in [0, 0.1) is 0 Å². The molecule has 0 atom stereocenters. The third kappa shape index (κ3) is 4.02. The highest BCUT2D eigenvalue weighted by Gasteiger charge is 2.62. The minimum atomic E-state index is -1.45. The summed E-state index contributed by atoms with van der Waals surface area (Å²) in [6.45, 7) is 15.3. The van der Waals surface area contributed by atoms with E-state index in [2.05, 4.69) is 32.5 Å². The van der Waals surface area contributed by atoms with E-state index < -0.39 is 7.87 Å². The van der Waals surface area contributed by atoms with Crippen molar-refractivity contribution in [2.24, 2.45) is 0 Å². The van der Waals surface area contributed by atoms with Crippen molar-refractivity contribution in [3.63, 3.8) is 0 Å². The van der Waals surface area contributed by atoms with Gasteiger partial charge in [0, 0.05) is 52.4 Å². The second-order valence-electron chi connectivity index (χ2n) is 7.42. The maximum absolute atomic E-state index is 2.96. The van der Waals surface area contributed by atoms with Crippen LogP contribution in [0.3, 0.4) is 0 Å². The molecule has 0 radical (unpaired) electrons. The first-order chi connectivity index (χ1) is 11.3. The van der Waals surface area contributed by atoms with Crippen LogP contribution >= 0.6 is 7.87 Å². The van der Waals surface area contributed by atoms with E-state index in [1.807, 2.05) is 0 Å². The summed E-state index contributed by atoms with van der Waals surface area (Å²) < 4.78 is 11.8. The molecule has 0 N–H and O–H groups in total. The summed E-state index contributed by atoms with van der Waals surface area (Å²) in [5, 5.41) is 0. The summed E-state index contributed by atoms with van der Waals surface area (Å²) in [5.41, 5.74) is 0. The molecule has 3 aliphatic rings. The van der Waals surface area contributed by atoms with Gasteiger partial charge in [-0.25, -0.2) is 0 Å². The van der Waals surface area contributed by atoms with Crippen molar-refractivity contribution in [2.45, 2.75) is 65.2 Å². The standard InChI is InChI=1S/C18H38N4P.BrH/c1-3-5-12-19(4-2)23(20-13-6-7-14-20,21-15-8-9-16-21)22-17-10-11-18-22;/h3-18H2,1-2H3;1H/q+1;/p-1. The Bertz CT molecular complexity index is 312. The van der Waals surface area contributed by atoms with Gasteiger partial charge in [0.05, 0.1) is 0 Å². The SMILES string of the molecule is CCCCN(CC)[P+](N1CCCC1)(N1CCCC1)N1CCCC1.[Br-]. The molecule has 0 aromatic heterocycles. The lowest BCUT2D eigenvalue weighted by molar-refractivity contribution is -0.00000539. The third-order valence-corrected chi connectivity index (χ3v) is 10.6.